The number of hydrogen-bond acceptors (Lipinski definition) is 5. The highest BCUT2D eigenvalue weighted by atomic mass is 16.1. The van der Waals surface area contributed by atoms with Crippen LogP contribution in [-0.2, 0) is 11.2 Å². The number of hydrogen-bond donors (Lipinski definition) is 1. The lowest BCUT2D eigenvalue weighted by Crippen LogP contribution is -2.23. The minimum absolute atomic E-state index is 0.131. The van der Waals surface area contributed by atoms with Crippen molar-refractivity contribution in [2.24, 2.45) is 0 Å². The number of pyridine rings is 1. The van der Waals surface area contributed by atoms with Gasteiger partial charge in [0.25, 0.3) is 0 Å². The summed E-state index contributed by atoms with van der Waals surface area (Å²) in [6.07, 6.45) is 5.62. The van der Waals surface area contributed by atoms with E-state index in [1.165, 1.54) is 10.9 Å². The topological polar surface area (TPSA) is 74.8 Å². The van der Waals surface area contributed by atoms with Gasteiger partial charge in [-0.1, -0.05) is 19.9 Å². The molecule has 6 nitrogen and oxygen atoms in total. The van der Waals surface area contributed by atoms with Crippen molar-refractivity contribution in [1.29, 1.82) is 0 Å². The molecular weight excluding hydrogens is 398 g/mol. The number of aromatic amines is 1. The molecule has 0 saturated carbocycles. The number of carbonyl (C=O) groups is 1. The van der Waals surface area contributed by atoms with Gasteiger partial charge in [-0.15, -0.1) is 0 Å². The molecule has 1 N–H and O–H groups in total. The third-order valence-corrected chi connectivity index (χ3v) is 5.47. The van der Waals surface area contributed by atoms with Crippen molar-refractivity contribution in [3.8, 4) is 22.5 Å². The Morgan fingerprint density at radius 1 is 1.03 bits per heavy atom. The molecule has 3 heterocycles. The lowest BCUT2D eigenvalue weighted by Gasteiger charge is -2.10. The number of ketones is 1. The Bertz CT molecular complexity index is 1260. The Kier molecular flexibility index (Phi) is 6.15. The number of Topliss-reactive ketones (excluding diaryl/α,β-unsaturated/α-hetero) is 1. The van der Waals surface area contributed by atoms with Crippen molar-refractivity contribution in [1.82, 2.24) is 24.8 Å². The molecule has 3 aromatic heterocycles. The van der Waals surface area contributed by atoms with Crippen LogP contribution in [0.25, 0.3) is 33.4 Å². The van der Waals surface area contributed by atoms with Crippen molar-refractivity contribution >= 4 is 16.7 Å². The molecule has 0 radical (unpaired) electrons. The number of H-pyrrole nitrogens is 1. The van der Waals surface area contributed by atoms with Crippen LogP contribution < -0.4 is 0 Å². The summed E-state index contributed by atoms with van der Waals surface area (Å²) in [5.74, 6) is 0.477. The van der Waals surface area contributed by atoms with Crippen LogP contribution in [0.15, 0.2) is 48.9 Å². The van der Waals surface area contributed by atoms with E-state index in [-0.39, 0.29) is 5.78 Å². The minimum Gasteiger partial charge on any atom is -0.354 e. The van der Waals surface area contributed by atoms with Crippen LogP contribution in [0.4, 0.5) is 0 Å². The van der Waals surface area contributed by atoms with E-state index in [0.717, 1.165) is 33.7 Å². The van der Waals surface area contributed by atoms with Crippen LogP contribution in [-0.4, -0.2) is 51.3 Å². The van der Waals surface area contributed by atoms with E-state index in [1.807, 2.05) is 38.2 Å². The molecule has 0 amide bonds. The SMILES string of the molecule is Cc1cc(-c2[nH]c3ccc(-c4cnc(CC(=O)CN(C)C)cn4)cc3c2C(C)C)ccn1. The lowest BCUT2D eigenvalue weighted by atomic mass is 9.95. The lowest BCUT2D eigenvalue weighted by molar-refractivity contribution is -0.119. The molecule has 0 saturated heterocycles. The molecule has 4 rings (SSSR count). The zero-order valence-electron chi connectivity index (χ0n) is 19.3. The maximum atomic E-state index is 12.0. The third kappa shape index (κ3) is 4.60. The van der Waals surface area contributed by atoms with E-state index in [4.69, 9.17) is 0 Å². The van der Waals surface area contributed by atoms with Crippen LogP contribution >= 0.6 is 0 Å². The highest BCUT2D eigenvalue weighted by molar-refractivity contribution is 5.94. The van der Waals surface area contributed by atoms with E-state index in [1.54, 1.807) is 12.4 Å². The first kappa shape index (κ1) is 21.8. The number of aromatic nitrogens is 4. The fourth-order valence-electron chi connectivity index (χ4n) is 4.11. The molecule has 0 aliphatic carbocycles. The van der Waals surface area contributed by atoms with Gasteiger partial charge in [0, 0.05) is 40.1 Å². The molecule has 4 aromatic rings. The third-order valence-electron chi connectivity index (χ3n) is 5.47. The van der Waals surface area contributed by atoms with E-state index in [2.05, 4.69) is 58.0 Å². The predicted octanol–water partition coefficient (Wildman–Crippen LogP) is 4.79. The second-order valence-corrected chi connectivity index (χ2v) is 8.86. The van der Waals surface area contributed by atoms with Gasteiger partial charge in [-0.3, -0.25) is 19.7 Å². The number of nitrogens with zero attached hydrogens (tertiary/aromatic N) is 4. The highest BCUT2D eigenvalue weighted by Crippen LogP contribution is 2.37. The standard InChI is InChI=1S/C26H29N5O/c1-16(2)25-22-11-18(24-14-28-20(13-29-24)12-21(32)15-31(4)5)6-7-23(22)30-26(25)19-8-9-27-17(3)10-19/h6-11,13-14,16,30H,12,15H2,1-5H3. The van der Waals surface area contributed by atoms with Crippen molar-refractivity contribution in [3.63, 3.8) is 0 Å². The second kappa shape index (κ2) is 9.01. The largest absolute Gasteiger partial charge is 0.354 e. The molecule has 0 aliphatic rings. The molecule has 164 valence electrons. The zero-order chi connectivity index (χ0) is 22.8. The number of fused-ring (bicyclic) bond motifs is 1. The smallest absolute Gasteiger partial charge is 0.152 e. The molecule has 0 spiro atoms. The number of aryl methyl sites for hydroxylation is 1. The summed E-state index contributed by atoms with van der Waals surface area (Å²) >= 11 is 0. The number of nitrogens with one attached hydrogen (secondary N) is 1. The molecule has 32 heavy (non-hydrogen) atoms. The predicted molar refractivity (Wildman–Crippen MR) is 129 cm³/mol. The van der Waals surface area contributed by atoms with Gasteiger partial charge in [-0.2, -0.15) is 0 Å². The van der Waals surface area contributed by atoms with Gasteiger partial charge in [-0.05, 0) is 56.8 Å². The number of rotatable bonds is 7. The molecule has 0 atom stereocenters. The number of benzene rings is 1. The molecule has 0 fully saturated rings. The monoisotopic (exact) mass is 427 g/mol. The Balaban J connectivity index is 1.69. The quantitative estimate of drug-likeness (QED) is 0.459. The highest BCUT2D eigenvalue weighted by Gasteiger charge is 2.17. The fourth-order valence-corrected chi connectivity index (χ4v) is 4.11. The number of likely N-dealkylation sites (N-methyl/N-ethyl adjacent to an activating group) is 1. The molecule has 0 unspecified atom stereocenters. The van der Waals surface area contributed by atoms with E-state index < -0.39 is 0 Å². The van der Waals surface area contributed by atoms with Crippen LogP contribution in [0.2, 0.25) is 0 Å². The average molecular weight is 428 g/mol. The summed E-state index contributed by atoms with van der Waals surface area (Å²) in [4.78, 5) is 30.9. The van der Waals surface area contributed by atoms with Crippen LogP contribution in [0.3, 0.4) is 0 Å². The zero-order valence-corrected chi connectivity index (χ0v) is 19.3. The Hall–Kier alpha value is -3.38. The summed E-state index contributed by atoms with van der Waals surface area (Å²) in [6.45, 7) is 6.85. The van der Waals surface area contributed by atoms with Crippen LogP contribution in [0.5, 0.6) is 0 Å². The van der Waals surface area contributed by atoms with E-state index in [0.29, 0.717) is 24.6 Å². The van der Waals surface area contributed by atoms with Gasteiger partial charge >= 0.3 is 0 Å². The van der Waals surface area contributed by atoms with Crippen molar-refractivity contribution in [2.75, 3.05) is 20.6 Å². The summed E-state index contributed by atoms with van der Waals surface area (Å²) in [6, 6.07) is 10.5. The van der Waals surface area contributed by atoms with Crippen molar-refractivity contribution in [3.05, 3.63) is 65.9 Å². The Morgan fingerprint density at radius 2 is 1.84 bits per heavy atom. The fraction of sp³-hybridized carbons (Fsp3) is 0.308. The minimum atomic E-state index is 0.131. The summed E-state index contributed by atoms with van der Waals surface area (Å²) in [5.41, 5.74) is 8.16. The Labute approximate surface area is 188 Å². The summed E-state index contributed by atoms with van der Waals surface area (Å²) < 4.78 is 0. The average Bonchev–Trinajstić information content (AvgIpc) is 3.13. The van der Waals surface area contributed by atoms with Crippen LogP contribution in [0, 0.1) is 6.92 Å². The van der Waals surface area contributed by atoms with Gasteiger partial charge in [-0.25, -0.2) is 0 Å². The maximum Gasteiger partial charge on any atom is 0.152 e. The van der Waals surface area contributed by atoms with E-state index in [9.17, 15) is 4.79 Å². The van der Waals surface area contributed by atoms with Gasteiger partial charge in [0.15, 0.2) is 5.78 Å². The van der Waals surface area contributed by atoms with Gasteiger partial charge in [0.2, 0.25) is 0 Å². The summed E-state index contributed by atoms with van der Waals surface area (Å²) in [7, 11) is 3.77. The molecular formula is C26H29N5O. The molecule has 6 heteroatoms. The first-order valence-electron chi connectivity index (χ1n) is 10.9. The molecule has 0 aliphatic heterocycles. The van der Waals surface area contributed by atoms with Gasteiger partial charge < -0.3 is 9.88 Å². The molecule has 0 bridgehead atoms. The first-order chi connectivity index (χ1) is 15.3. The van der Waals surface area contributed by atoms with Crippen molar-refractivity contribution in [2.45, 2.75) is 33.1 Å². The van der Waals surface area contributed by atoms with Crippen molar-refractivity contribution < 1.29 is 4.79 Å². The maximum absolute atomic E-state index is 12.0. The summed E-state index contributed by atoms with van der Waals surface area (Å²) in [5, 5.41) is 1.19. The first-order valence-corrected chi connectivity index (χ1v) is 10.9. The second-order valence-electron chi connectivity index (χ2n) is 8.86. The molecule has 1 aromatic carbocycles. The van der Waals surface area contributed by atoms with Gasteiger partial charge in [0.05, 0.1) is 36.2 Å². The van der Waals surface area contributed by atoms with Crippen LogP contribution in [0.1, 0.15) is 36.7 Å². The Morgan fingerprint density at radius 3 is 2.50 bits per heavy atom. The normalized spacial score (nSPS) is 11.6. The van der Waals surface area contributed by atoms with E-state index >= 15 is 0 Å². The van der Waals surface area contributed by atoms with Gasteiger partial charge in [0.1, 0.15) is 0 Å². The number of carbonyl (C=O) groups excluding carboxylic acids is 1.